The number of hydrogen-bond donors (Lipinski definition) is 1. The first-order valence-electron chi connectivity index (χ1n) is 3.53. The minimum atomic E-state index is 0.811. The highest BCUT2D eigenvalue weighted by Gasteiger charge is 1.96. The predicted octanol–water partition coefficient (Wildman–Crippen LogP) is 2.17. The van der Waals surface area contributed by atoms with E-state index in [1.807, 2.05) is 26.0 Å². The smallest absolute Gasteiger partial charge is 0.156 e. The normalized spacial score (nSPS) is 11.8. The number of allylic oxidation sites excluding steroid dienone is 1. The van der Waals surface area contributed by atoms with Gasteiger partial charge in [0.1, 0.15) is 5.69 Å². The zero-order chi connectivity index (χ0) is 8.10. The van der Waals surface area contributed by atoms with E-state index in [2.05, 4.69) is 15.0 Å². The molecule has 0 saturated carbocycles. The average Bonchev–Trinajstić information content (AvgIpc) is 2.39. The van der Waals surface area contributed by atoms with Crippen molar-refractivity contribution in [1.29, 1.82) is 0 Å². The molecular formula is C8H11N3. The van der Waals surface area contributed by atoms with E-state index >= 15 is 0 Å². The van der Waals surface area contributed by atoms with Gasteiger partial charge in [-0.05, 0) is 19.9 Å². The van der Waals surface area contributed by atoms with Crippen LogP contribution < -0.4 is 0 Å². The molecular weight excluding hydrogens is 138 g/mol. The van der Waals surface area contributed by atoms with Crippen molar-refractivity contribution in [2.24, 2.45) is 4.99 Å². The maximum Gasteiger partial charge on any atom is 0.156 e. The molecule has 0 spiro atoms. The number of imidazole rings is 1. The van der Waals surface area contributed by atoms with Crippen molar-refractivity contribution in [2.75, 3.05) is 0 Å². The molecule has 0 aliphatic rings. The van der Waals surface area contributed by atoms with Crippen LogP contribution in [-0.4, -0.2) is 16.2 Å². The summed E-state index contributed by atoms with van der Waals surface area (Å²) in [6.45, 7) is 3.83. The second-order valence-electron chi connectivity index (χ2n) is 2.02. The third-order valence-electron chi connectivity index (χ3n) is 1.23. The molecule has 0 atom stereocenters. The average molecular weight is 149 g/mol. The number of hydrogen-bond acceptors (Lipinski definition) is 2. The van der Waals surface area contributed by atoms with E-state index in [4.69, 9.17) is 0 Å². The SMILES string of the molecule is C/C=C\c1nc[nH]c1/N=C\C. The van der Waals surface area contributed by atoms with Crippen LogP contribution in [0.2, 0.25) is 0 Å². The van der Waals surface area contributed by atoms with Crippen LogP contribution in [0, 0.1) is 0 Å². The minimum Gasteiger partial charge on any atom is -0.329 e. The lowest BCUT2D eigenvalue weighted by Gasteiger charge is -1.86. The van der Waals surface area contributed by atoms with Crippen molar-refractivity contribution in [3.05, 3.63) is 18.1 Å². The summed E-state index contributed by atoms with van der Waals surface area (Å²) < 4.78 is 0. The van der Waals surface area contributed by atoms with Crippen molar-refractivity contribution < 1.29 is 0 Å². The molecule has 3 heteroatoms. The fraction of sp³-hybridized carbons (Fsp3) is 0.250. The maximum atomic E-state index is 4.09. The Bertz CT molecular complexity index is 244. The predicted molar refractivity (Wildman–Crippen MR) is 47.1 cm³/mol. The van der Waals surface area contributed by atoms with E-state index in [0.717, 1.165) is 11.5 Å². The summed E-state index contributed by atoms with van der Waals surface area (Å²) in [4.78, 5) is 11.1. The van der Waals surface area contributed by atoms with Gasteiger partial charge in [0.05, 0.1) is 6.33 Å². The number of aliphatic imine (C=N–C) groups is 1. The second kappa shape index (κ2) is 3.71. The molecule has 1 N–H and O–H groups in total. The van der Waals surface area contributed by atoms with Gasteiger partial charge >= 0.3 is 0 Å². The summed E-state index contributed by atoms with van der Waals surface area (Å²) in [5, 5.41) is 0. The summed E-state index contributed by atoms with van der Waals surface area (Å²) in [6.07, 6.45) is 7.22. The summed E-state index contributed by atoms with van der Waals surface area (Å²) in [5.41, 5.74) is 0.880. The lowest BCUT2D eigenvalue weighted by Crippen LogP contribution is -1.70. The second-order valence-corrected chi connectivity index (χ2v) is 2.02. The first kappa shape index (κ1) is 7.72. The molecule has 1 aromatic heterocycles. The molecule has 0 aliphatic heterocycles. The van der Waals surface area contributed by atoms with Crippen LogP contribution in [0.1, 0.15) is 19.5 Å². The number of H-pyrrole nitrogens is 1. The van der Waals surface area contributed by atoms with Crippen LogP contribution in [0.5, 0.6) is 0 Å². The molecule has 1 aromatic rings. The van der Waals surface area contributed by atoms with Gasteiger partial charge in [0.2, 0.25) is 0 Å². The van der Waals surface area contributed by atoms with Gasteiger partial charge in [-0.2, -0.15) is 0 Å². The maximum absolute atomic E-state index is 4.09. The number of aromatic nitrogens is 2. The number of nitrogens with one attached hydrogen (secondary N) is 1. The van der Waals surface area contributed by atoms with E-state index in [1.165, 1.54) is 0 Å². The molecule has 0 bridgehead atoms. The summed E-state index contributed by atoms with van der Waals surface area (Å²) in [5.74, 6) is 0.811. The van der Waals surface area contributed by atoms with Gasteiger partial charge in [0.25, 0.3) is 0 Å². The lowest BCUT2D eigenvalue weighted by molar-refractivity contribution is 1.30. The van der Waals surface area contributed by atoms with E-state index in [1.54, 1.807) is 12.5 Å². The van der Waals surface area contributed by atoms with E-state index in [9.17, 15) is 0 Å². The van der Waals surface area contributed by atoms with E-state index in [-0.39, 0.29) is 0 Å². The first-order valence-corrected chi connectivity index (χ1v) is 3.53. The van der Waals surface area contributed by atoms with Crippen LogP contribution in [0.3, 0.4) is 0 Å². The Hall–Kier alpha value is -1.38. The van der Waals surface area contributed by atoms with Gasteiger partial charge in [0.15, 0.2) is 5.82 Å². The van der Waals surface area contributed by atoms with Crippen LogP contribution in [0.4, 0.5) is 5.82 Å². The van der Waals surface area contributed by atoms with Gasteiger partial charge < -0.3 is 4.98 Å². The van der Waals surface area contributed by atoms with Gasteiger partial charge in [-0.1, -0.05) is 6.08 Å². The van der Waals surface area contributed by atoms with Gasteiger partial charge in [0, 0.05) is 6.21 Å². The Kier molecular flexibility index (Phi) is 2.60. The molecule has 11 heavy (non-hydrogen) atoms. The van der Waals surface area contributed by atoms with Crippen molar-refractivity contribution in [2.45, 2.75) is 13.8 Å². The van der Waals surface area contributed by atoms with Crippen molar-refractivity contribution in [3.63, 3.8) is 0 Å². The molecule has 0 unspecified atom stereocenters. The summed E-state index contributed by atoms with van der Waals surface area (Å²) >= 11 is 0. The number of rotatable bonds is 2. The first-order chi connectivity index (χ1) is 5.38. The molecule has 0 saturated heterocycles. The van der Waals surface area contributed by atoms with Crippen LogP contribution in [-0.2, 0) is 0 Å². The van der Waals surface area contributed by atoms with E-state index < -0.39 is 0 Å². The highest BCUT2D eigenvalue weighted by atomic mass is 15.0. The minimum absolute atomic E-state index is 0.811. The molecule has 1 rings (SSSR count). The molecule has 0 amide bonds. The fourth-order valence-corrected chi connectivity index (χ4v) is 0.810. The Morgan fingerprint density at radius 3 is 3.00 bits per heavy atom. The Balaban J connectivity index is 2.95. The van der Waals surface area contributed by atoms with Crippen LogP contribution in [0.15, 0.2) is 17.4 Å². The van der Waals surface area contributed by atoms with E-state index in [0.29, 0.717) is 0 Å². The van der Waals surface area contributed by atoms with Crippen molar-refractivity contribution in [1.82, 2.24) is 9.97 Å². The highest BCUT2D eigenvalue weighted by Crippen LogP contribution is 2.13. The van der Waals surface area contributed by atoms with Crippen LogP contribution in [0.25, 0.3) is 6.08 Å². The van der Waals surface area contributed by atoms with Crippen molar-refractivity contribution >= 4 is 18.1 Å². The Morgan fingerprint density at radius 1 is 1.55 bits per heavy atom. The molecule has 0 aliphatic carbocycles. The van der Waals surface area contributed by atoms with Gasteiger partial charge in [-0.25, -0.2) is 9.98 Å². The fourth-order valence-electron chi connectivity index (χ4n) is 0.810. The topological polar surface area (TPSA) is 41.0 Å². The molecule has 0 fully saturated rings. The summed E-state index contributed by atoms with van der Waals surface area (Å²) in [6, 6.07) is 0. The van der Waals surface area contributed by atoms with Crippen molar-refractivity contribution in [3.8, 4) is 0 Å². The quantitative estimate of drug-likeness (QED) is 0.643. The Labute approximate surface area is 65.9 Å². The zero-order valence-corrected chi connectivity index (χ0v) is 6.70. The molecule has 0 aromatic carbocycles. The Morgan fingerprint density at radius 2 is 2.36 bits per heavy atom. The number of aromatic amines is 1. The third kappa shape index (κ3) is 1.77. The van der Waals surface area contributed by atoms with Crippen LogP contribution >= 0.6 is 0 Å². The highest BCUT2D eigenvalue weighted by molar-refractivity contribution is 5.64. The van der Waals surface area contributed by atoms with Gasteiger partial charge in [-0.3, -0.25) is 0 Å². The summed E-state index contributed by atoms with van der Waals surface area (Å²) in [7, 11) is 0. The lowest BCUT2D eigenvalue weighted by atomic mass is 10.4. The monoisotopic (exact) mass is 149 g/mol. The third-order valence-corrected chi connectivity index (χ3v) is 1.23. The molecule has 1 heterocycles. The molecule has 3 nitrogen and oxygen atoms in total. The largest absolute Gasteiger partial charge is 0.329 e. The van der Waals surface area contributed by atoms with Gasteiger partial charge in [-0.15, -0.1) is 0 Å². The standard InChI is InChI=1S/C8H11N3/c1-3-5-7-8(9-4-2)11-6-10-7/h3-6H,1-2H3,(H,10,11)/b5-3-,9-4-. The number of nitrogens with zero attached hydrogens (tertiary/aromatic N) is 2. The molecule has 0 radical (unpaired) electrons. The molecule has 58 valence electrons. The zero-order valence-electron chi connectivity index (χ0n) is 6.70.